The third kappa shape index (κ3) is 4.51. The van der Waals surface area contributed by atoms with Crippen LogP contribution in [0.15, 0.2) is 18.2 Å². The maximum absolute atomic E-state index is 9.70. The van der Waals surface area contributed by atoms with Crippen LogP contribution in [0.25, 0.3) is 0 Å². The molecule has 0 bridgehead atoms. The predicted octanol–water partition coefficient (Wildman–Crippen LogP) is 3.37. The van der Waals surface area contributed by atoms with E-state index in [4.69, 9.17) is 4.74 Å². The summed E-state index contributed by atoms with van der Waals surface area (Å²) in [4.78, 5) is 2.31. The Morgan fingerprint density at radius 3 is 2.47 bits per heavy atom. The molecule has 0 amide bonds. The highest BCUT2D eigenvalue weighted by Gasteiger charge is 2.13. The van der Waals surface area contributed by atoms with Gasteiger partial charge in [-0.05, 0) is 51.9 Å². The predicted molar refractivity (Wildman–Crippen MR) is 79.5 cm³/mol. The van der Waals surface area contributed by atoms with Gasteiger partial charge >= 0.3 is 0 Å². The summed E-state index contributed by atoms with van der Waals surface area (Å²) in [7, 11) is 2.12. The number of rotatable bonds is 7. The zero-order chi connectivity index (χ0) is 14.4. The molecule has 1 aromatic rings. The van der Waals surface area contributed by atoms with Crippen molar-refractivity contribution < 1.29 is 9.84 Å². The minimum Gasteiger partial charge on any atom is -0.494 e. The Kier molecular flexibility index (Phi) is 6.32. The van der Waals surface area contributed by atoms with Gasteiger partial charge in [-0.3, -0.25) is 4.90 Å². The molecule has 0 saturated carbocycles. The molecule has 0 aromatic heterocycles. The van der Waals surface area contributed by atoms with E-state index >= 15 is 0 Å². The molecular formula is C16H27NO2. The van der Waals surface area contributed by atoms with Gasteiger partial charge in [0.25, 0.3) is 0 Å². The Morgan fingerprint density at radius 2 is 1.95 bits per heavy atom. The van der Waals surface area contributed by atoms with Gasteiger partial charge in [0.15, 0.2) is 0 Å². The molecule has 0 heterocycles. The molecule has 0 aliphatic rings. The standard InChI is InChI=1S/C16H27NO2/c1-6-12(3)17(5)11-15-10-14(13(4)18)8-9-16(15)19-7-2/h8-10,12-13,18H,6-7,11H2,1-5H3. The molecule has 0 saturated heterocycles. The van der Waals surface area contributed by atoms with Crippen molar-refractivity contribution in [2.24, 2.45) is 0 Å². The average Bonchev–Trinajstić information content (AvgIpc) is 2.39. The van der Waals surface area contributed by atoms with Crippen molar-refractivity contribution in [2.45, 2.75) is 52.8 Å². The molecule has 0 aliphatic carbocycles. The van der Waals surface area contributed by atoms with Crippen LogP contribution in [0.5, 0.6) is 5.75 Å². The van der Waals surface area contributed by atoms with Gasteiger partial charge in [0.1, 0.15) is 5.75 Å². The molecule has 3 nitrogen and oxygen atoms in total. The Labute approximate surface area is 117 Å². The smallest absolute Gasteiger partial charge is 0.123 e. The second kappa shape index (κ2) is 7.51. The van der Waals surface area contributed by atoms with Crippen molar-refractivity contribution in [3.8, 4) is 5.75 Å². The average molecular weight is 265 g/mol. The van der Waals surface area contributed by atoms with E-state index in [9.17, 15) is 5.11 Å². The highest BCUT2D eigenvalue weighted by Crippen LogP contribution is 2.25. The normalized spacial score (nSPS) is 14.5. The van der Waals surface area contributed by atoms with Gasteiger partial charge in [0, 0.05) is 18.2 Å². The zero-order valence-electron chi connectivity index (χ0n) is 12.8. The lowest BCUT2D eigenvalue weighted by atomic mass is 10.0. The molecule has 3 heteroatoms. The molecule has 0 fully saturated rings. The third-order valence-corrected chi connectivity index (χ3v) is 3.63. The Hall–Kier alpha value is -1.06. The summed E-state index contributed by atoms with van der Waals surface area (Å²) in [5.74, 6) is 0.919. The number of benzene rings is 1. The van der Waals surface area contributed by atoms with Crippen LogP contribution >= 0.6 is 0 Å². The van der Waals surface area contributed by atoms with Gasteiger partial charge in [-0.1, -0.05) is 13.0 Å². The number of nitrogens with zero attached hydrogens (tertiary/aromatic N) is 1. The van der Waals surface area contributed by atoms with E-state index < -0.39 is 6.10 Å². The summed E-state index contributed by atoms with van der Waals surface area (Å²) >= 11 is 0. The summed E-state index contributed by atoms with van der Waals surface area (Å²) in [5, 5.41) is 9.70. The first kappa shape index (κ1) is 16.0. The van der Waals surface area contributed by atoms with Crippen molar-refractivity contribution in [3.63, 3.8) is 0 Å². The molecule has 0 aliphatic heterocycles. The zero-order valence-corrected chi connectivity index (χ0v) is 12.8. The third-order valence-electron chi connectivity index (χ3n) is 3.63. The number of aliphatic hydroxyl groups is 1. The van der Waals surface area contributed by atoms with Crippen molar-refractivity contribution >= 4 is 0 Å². The van der Waals surface area contributed by atoms with E-state index in [2.05, 4.69) is 31.9 Å². The largest absolute Gasteiger partial charge is 0.494 e. The van der Waals surface area contributed by atoms with E-state index in [1.807, 2.05) is 19.1 Å². The fourth-order valence-corrected chi connectivity index (χ4v) is 2.02. The second-order valence-electron chi connectivity index (χ2n) is 5.15. The molecule has 1 aromatic carbocycles. The quantitative estimate of drug-likeness (QED) is 0.820. The van der Waals surface area contributed by atoms with Gasteiger partial charge in [-0.2, -0.15) is 0 Å². The molecule has 2 unspecified atom stereocenters. The Balaban J connectivity index is 2.96. The van der Waals surface area contributed by atoms with E-state index in [1.165, 1.54) is 0 Å². The Bertz CT molecular complexity index is 390. The SMILES string of the molecule is CCOc1ccc(C(C)O)cc1CN(C)C(C)CC. The highest BCUT2D eigenvalue weighted by atomic mass is 16.5. The topological polar surface area (TPSA) is 32.7 Å². The fourth-order valence-electron chi connectivity index (χ4n) is 2.02. The molecule has 19 heavy (non-hydrogen) atoms. The van der Waals surface area contributed by atoms with Crippen LogP contribution in [0.3, 0.4) is 0 Å². The van der Waals surface area contributed by atoms with Gasteiger partial charge in [0.05, 0.1) is 12.7 Å². The monoisotopic (exact) mass is 265 g/mol. The minimum absolute atomic E-state index is 0.441. The van der Waals surface area contributed by atoms with Gasteiger partial charge in [-0.15, -0.1) is 0 Å². The van der Waals surface area contributed by atoms with Crippen LogP contribution in [0.4, 0.5) is 0 Å². The second-order valence-corrected chi connectivity index (χ2v) is 5.15. The van der Waals surface area contributed by atoms with Crippen LogP contribution in [0, 0.1) is 0 Å². The van der Waals surface area contributed by atoms with E-state index in [0.29, 0.717) is 12.6 Å². The van der Waals surface area contributed by atoms with Crippen LogP contribution < -0.4 is 4.74 Å². The first-order valence-corrected chi connectivity index (χ1v) is 7.13. The maximum Gasteiger partial charge on any atom is 0.123 e. The number of aliphatic hydroxyl groups excluding tert-OH is 1. The molecule has 0 radical (unpaired) electrons. The summed E-state index contributed by atoms with van der Waals surface area (Å²) in [6.07, 6.45) is 0.680. The minimum atomic E-state index is -0.441. The van der Waals surface area contributed by atoms with Gasteiger partial charge < -0.3 is 9.84 Å². The lowest BCUT2D eigenvalue weighted by Gasteiger charge is -2.25. The number of hydrogen-bond donors (Lipinski definition) is 1. The van der Waals surface area contributed by atoms with Crippen LogP contribution in [0.1, 0.15) is 51.3 Å². The summed E-state index contributed by atoms with van der Waals surface area (Å²) in [5.41, 5.74) is 2.08. The van der Waals surface area contributed by atoms with Crippen LogP contribution in [-0.2, 0) is 6.54 Å². The van der Waals surface area contributed by atoms with Crippen molar-refractivity contribution in [1.82, 2.24) is 4.90 Å². The molecule has 1 N–H and O–H groups in total. The van der Waals surface area contributed by atoms with Gasteiger partial charge in [-0.25, -0.2) is 0 Å². The fraction of sp³-hybridized carbons (Fsp3) is 0.625. The maximum atomic E-state index is 9.70. The number of ether oxygens (including phenoxy) is 1. The Morgan fingerprint density at radius 1 is 1.26 bits per heavy atom. The van der Waals surface area contributed by atoms with E-state index in [0.717, 1.165) is 29.8 Å². The van der Waals surface area contributed by atoms with Crippen LogP contribution in [0.2, 0.25) is 0 Å². The summed E-state index contributed by atoms with van der Waals surface area (Å²) in [6.45, 7) is 9.69. The van der Waals surface area contributed by atoms with Crippen LogP contribution in [-0.4, -0.2) is 29.7 Å². The summed E-state index contributed by atoms with van der Waals surface area (Å²) < 4.78 is 5.68. The lowest BCUT2D eigenvalue weighted by Crippen LogP contribution is -2.28. The first-order valence-electron chi connectivity index (χ1n) is 7.13. The van der Waals surface area contributed by atoms with Crippen molar-refractivity contribution in [3.05, 3.63) is 29.3 Å². The molecule has 1 rings (SSSR count). The molecule has 0 spiro atoms. The first-order chi connectivity index (χ1) is 8.99. The molecular weight excluding hydrogens is 238 g/mol. The molecule has 108 valence electrons. The lowest BCUT2D eigenvalue weighted by molar-refractivity contribution is 0.198. The van der Waals surface area contributed by atoms with Crippen molar-refractivity contribution in [1.29, 1.82) is 0 Å². The van der Waals surface area contributed by atoms with E-state index in [-0.39, 0.29) is 0 Å². The molecule has 2 atom stereocenters. The number of hydrogen-bond acceptors (Lipinski definition) is 3. The highest BCUT2D eigenvalue weighted by molar-refractivity contribution is 5.38. The van der Waals surface area contributed by atoms with Crippen molar-refractivity contribution in [2.75, 3.05) is 13.7 Å². The van der Waals surface area contributed by atoms with Gasteiger partial charge in [0.2, 0.25) is 0 Å². The summed E-state index contributed by atoms with van der Waals surface area (Å²) in [6, 6.07) is 6.48. The van der Waals surface area contributed by atoms with E-state index in [1.54, 1.807) is 6.92 Å².